The van der Waals surface area contributed by atoms with Gasteiger partial charge in [0.1, 0.15) is 0 Å². The predicted octanol–water partition coefficient (Wildman–Crippen LogP) is -0.119. The zero-order valence-corrected chi connectivity index (χ0v) is 6.18. The summed E-state index contributed by atoms with van der Waals surface area (Å²) < 4.78 is 0. The van der Waals surface area contributed by atoms with Crippen LogP contribution in [0.2, 0.25) is 0 Å². The highest BCUT2D eigenvalue weighted by atomic mass is 16.5. The lowest BCUT2D eigenvalue weighted by Gasteiger charge is -1.99. The summed E-state index contributed by atoms with van der Waals surface area (Å²) in [5.74, 6) is -0.344. The molecular formula is C6H14N2O2. The van der Waals surface area contributed by atoms with Gasteiger partial charge in [0, 0.05) is 13.0 Å². The Morgan fingerprint density at radius 2 is 2.20 bits per heavy atom. The van der Waals surface area contributed by atoms with E-state index in [1.165, 1.54) is 0 Å². The lowest BCUT2D eigenvalue weighted by atomic mass is 10.4. The van der Waals surface area contributed by atoms with E-state index >= 15 is 0 Å². The Balaban J connectivity index is 2.96. The summed E-state index contributed by atoms with van der Waals surface area (Å²) in [5, 5.41) is 11.1. The number of nitrogens with one attached hydrogen (secondary N) is 2. The molecule has 0 aliphatic rings. The molecule has 0 saturated heterocycles. The minimum absolute atomic E-state index is 0.330. The van der Waals surface area contributed by atoms with E-state index in [1.807, 2.05) is 0 Å². The third kappa shape index (κ3) is 5.53. The SMILES string of the molecule is CCCNCCC(=O)NO. The minimum Gasteiger partial charge on any atom is -0.316 e. The number of carbonyl (C=O) groups is 1. The molecule has 0 fully saturated rings. The first-order chi connectivity index (χ1) is 4.81. The Bertz CT molecular complexity index is 95.7. The molecule has 0 aromatic carbocycles. The van der Waals surface area contributed by atoms with E-state index in [0.29, 0.717) is 13.0 Å². The highest BCUT2D eigenvalue weighted by Gasteiger charge is 1.95. The van der Waals surface area contributed by atoms with Gasteiger partial charge in [0.25, 0.3) is 0 Å². The Kier molecular flexibility index (Phi) is 6.11. The van der Waals surface area contributed by atoms with Crippen molar-refractivity contribution in [3.05, 3.63) is 0 Å². The summed E-state index contributed by atoms with van der Waals surface area (Å²) >= 11 is 0. The van der Waals surface area contributed by atoms with Crippen LogP contribution in [0.1, 0.15) is 19.8 Å². The standard InChI is InChI=1S/C6H14N2O2/c1-2-4-7-5-3-6(9)8-10/h7,10H,2-5H2,1H3,(H,8,9). The molecule has 0 atom stereocenters. The van der Waals surface area contributed by atoms with Gasteiger partial charge in [0.05, 0.1) is 0 Å². The molecule has 0 radical (unpaired) electrons. The third-order valence-electron chi connectivity index (χ3n) is 1.08. The van der Waals surface area contributed by atoms with E-state index in [1.54, 1.807) is 5.48 Å². The first-order valence-electron chi connectivity index (χ1n) is 3.45. The summed E-state index contributed by atoms with van der Waals surface area (Å²) in [7, 11) is 0. The van der Waals surface area contributed by atoms with Crippen molar-refractivity contribution in [1.29, 1.82) is 0 Å². The van der Waals surface area contributed by atoms with Gasteiger partial charge < -0.3 is 5.32 Å². The molecular weight excluding hydrogens is 132 g/mol. The topological polar surface area (TPSA) is 61.4 Å². The van der Waals surface area contributed by atoms with Crippen molar-refractivity contribution in [2.24, 2.45) is 0 Å². The van der Waals surface area contributed by atoms with Gasteiger partial charge in [-0.2, -0.15) is 0 Å². The minimum atomic E-state index is -0.344. The highest BCUT2D eigenvalue weighted by molar-refractivity contribution is 5.74. The van der Waals surface area contributed by atoms with Gasteiger partial charge in [-0.05, 0) is 13.0 Å². The number of amides is 1. The van der Waals surface area contributed by atoms with Crippen LogP contribution < -0.4 is 10.8 Å². The van der Waals surface area contributed by atoms with Crippen molar-refractivity contribution in [3.63, 3.8) is 0 Å². The smallest absolute Gasteiger partial charge is 0.244 e. The number of hydrogen-bond donors (Lipinski definition) is 3. The van der Waals surface area contributed by atoms with Crippen LogP contribution in [0.4, 0.5) is 0 Å². The van der Waals surface area contributed by atoms with Gasteiger partial charge in [0.15, 0.2) is 0 Å². The summed E-state index contributed by atoms with van der Waals surface area (Å²) in [5.41, 5.74) is 1.56. The van der Waals surface area contributed by atoms with E-state index in [0.717, 1.165) is 13.0 Å². The van der Waals surface area contributed by atoms with Crippen LogP contribution in [0.3, 0.4) is 0 Å². The second-order valence-corrected chi connectivity index (χ2v) is 2.03. The van der Waals surface area contributed by atoms with Crippen LogP contribution in [0, 0.1) is 0 Å². The van der Waals surface area contributed by atoms with Crippen molar-refractivity contribution in [2.75, 3.05) is 13.1 Å². The normalized spacial score (nSPS) is 9.40. The quantitative estimate of drug-likeness (QED) is 0.288. The van der Waals surface area contributed by atoms with Crippen molar-refractivity contribution in [2.45, 2.75) is 19.8 Å². The lowest BCUT2D eigenvalue weighted by molar-refractivity contribution is -0.129. The molecule has 10 heavy (non-hydrogen) atoms. The fraction of sp³-hybridized carbons (Fsp3) is 0.833. The second kappa shape index (κ2) is 6.51. The first-order valence-corrected chi connectivity index (χ1v) is 3.45. The average Bonchev–Trinajstić information content (AvgIpc) is 1.98. The molecule has 4 nitrogen and oxygen atoms in total. The van der Waals surface area contributed by atoms with Crippen molar-refractivity contribution in [1.82, 2.24) is 10.8 Å². The van der Waals surface area contributed by atoms with Crippen molar-refractivity contribution < 1.29 is 10.0 Å². The van der Waals surface area contributed by atoms with Crippen LogP contribution in [0.15, 0.2) is 0 Å². The van der Waals surface area contributed by atoms with E-state index < -0.39 is 0 Å². The van der Waals surface area contributed by atoms with Crippen LogP contribution in [0.5, 0.6) is 0 Å². The summed E-state index contributed by atoms with van der Waals surface area (Å²) in [6.07, 6.45) is 1.39. The molecule has 0 saturated carbocycles. The summed E-state index contributed by atoms with van der Waals surface area (Å²) in [6, 6.07) is 0. The molecule has 0 aromatic rings. The van der Waals surface area contributed by atoms with Crippen molar-refractivity contribution >= 4 is 5.91 Å². The number of rotatable bonds is 5. The molecule has 1 amide bonds. The van der Waals surface area contributed by atoms with Crippen LogP contribution in [-0.4, -0.2) is 24.2 Å². The summed E-state index contributed by atoms with van der Waals surface area (Å²) in [6.45, 7) is 3.60. The highest BCUT2D eigenvalue weighted by Crippen LogP contribution is 1.76. The molecule has 0 unspecified atom stereocenters. The van der Waals surface area contributed by atoms with Gasteiger partial charge >= 0.3 is 0 Å². The molecule has 0 rings (SSSR count). The first kappa shape index (κ1) is 9.39. The molecule has 0 bridgehead atoms. The van der Waals surface area contributed by atoms with E-state index in [-0.39, 0.29) is 5.91 Å². The number of carbonyl (C=O) groups excluding carboxylic acids is 1. The molecule has 0 aliphatic carbocycles. The zero-order valence-electron chi connectivity index (χ0n) is 6.18. The van der Waals surface area contributed by atoms with Gasteiger partial charge in [-0.15, -0.1) is 0 Å². The fourth-order valence-corrected chi connectivity index (χ4v) is 0.560. The average molecular weight is 146 g/mol. The maximum absolute atomic E-state index is 10.4. The fourth-order valence-electron chi connectivity index (χ4n) is 0.560. The maximum Gasteiger partial charge on any atom is 0.244 e. The molecule has 60 valence electrons. The third-order valence-corrected chi connectivity index (χ3v) is 1.08. The molecule has 4 heteroatoms. The van der Waals surface area contributed by atoms with Crippen LogP contribution in [0.25, 0.3) is 0 Å². The molecule has 0 spiro atoms. The molecule has 3 N–H and O–H groups in total. The monoisotopic (exact) mass is 146 g/mol. The molecule has 0 heterocycles. The largest absolute Gasteiger partial charge is 0.316 e. The number of hydroxylamine groups is 1. The predicted molar refractivity (Wildman–Crippen MR) is 37.7 cm³/mol. The second-order valence-electron chi connectivity index (χ2n) is 2.03. The van der Waals surface area contributed by atoms with Gasteiger partial charge in [0.2, 0.25) is 5.91 Å². The van der Waals surface area contributed by atoms with E-state index in [2.05, 4.69) is 12.2 Å². The van der Waals surface area contributed by atoms with Crippen molar-refractivity contribution in [3.8, 4) is 0 Å². The molecule has 0 aliphatic heterocycles. The van der Waals surface area contributed by atoms with Gasteiger partial charge in [-0.25, -0.2) is 5.48 Å². The van der Waals surface area contributed by atoms with Crippen LogP contribution in [-0.2, 0) is 4.79 Å². The number of hydrogen-bond acceptors (Lipinski definition) is 3. The Morgan fingerprint density at radius 3 is 2.70 bits per heavy atom. The lowest BCUT2D eigenvalue weighted by Crippen LogP contribution is -2.25. The van der Waals surface area contributed by atoms with Crippen LogP contribution >= 0.6 is 0 Å². The Labute approximate surface area is 60.6 Å². The summed E-state index contributed by atoms with van der Waals surface area (Å²) in [4.78, 5) is 10.4. The van der Waals surface area contributed by atoms with Gasteiger partial charge in [-0.3, -0.25) is 10.0 Å². The van der Waals surface area contributed by atoms with Gasteiger partial charge in [-0.1, -0.05) is 6.92 Å². The Morgan fingerprint density at radius 1 is 1.50 bits per heavy atom. The maximum atomic E-state index is 10.4. The van der Waals surface area contributed by atoms with E-state index in [9.17, 15) is 4.79 Å². The molecule has 0 aromatic heterocycles. The van der Waals surface area contributed by atoms with E-state index in [4.69, 9.17) is 5.21 Å². The zero-order chi connectivity index (χ0) is 7.82. The Hall–Kier alpha value is -0.610.